The molecule has 32 heavy (non-hydrogen) atoms. The topological polar surface area (TPSA) is 52.6 Å². The largest absolute Gasteiger partial charge is 0.493 e. The van der Waals surface area contributed by atoms with Crippen LogP contribution >= 0.6 is 0 Å². The van der Waals surface area contributed by atoms with Gasteiger partial charge in [0.25, 0.3) is 0 Å². The first-order valence-corrected chi connectivity index (χ1v) is 10.4. The molecule has 0 N–H and O–H groups in total. The third-order valence-electron chi connectivity index (χ3n) is 5.46. The summed E-state index contributed by atoms with van der Waals surface area (Å²) in [6.07, 6.45) is 3.97. The fraction of sp³-hybridized carbons (Fsp3) is 0.143. The van der Waals surface area contributed by atoms with E-state index in [0.717, 1.165) is 11.1 Å². The van der Waals surface area contributed by atoms with E-state index in [1.807, 2.05) is 37.3 Å². The molecule has 4 nitrogen and oxygen atoms in total. The van der Waals surface area contributed by atoms with Crippen molar-refractivity contribution >= 4 is 17.6 Å². The first-order chi connectivity index (χ1) is 15.5. The minimum atomic E-state index is -0.255. The van der Waals surface area contributed by atoms with Crippen molar-refractivity contribution in [2.45, 2.75) is 20.0 Å². The summed E-state index contributed by atoms with van der Waals surface area (Å²) in [4.78, 5) is 25.5. The summed E-state index contributed by atoms with van der Waals surface area (Å²) in [5.74, 6) is 0.658. The fourth-order valence-corrected chi connectivity index (χ4v) is 3.80. The maximum absolute atomic E-state index is 12.8. The van der Waals surface area contributed by atoms with E-state index in [2.05, 4.69) is 6.58 Å². The molecule has 0 bridgehead atoms. The van der Waals surface area contributed by atoms with Crippen LogP contribution in [0.2, 0.25) is 0 Å². The maximum Gasteiger partial charge on any atom is 0.197 e. The van der Waals surface area contributed by atoms with E-state index in [4.69, 9.17) is 9.47 Å². The second-order valence-corrected chi connectivity index (χ2v) is 7.74. The highest BCUT2D eigenvalue weighted by Gasteiger charge is 2.32. The Morgan fingerprint density at radius 2 is 1.59 bits per heavy atom. The molecule has 4 heteroatoms. The van der Waals surface area contributed by atoms with Crippen molar-refractivity contribution in [1.82, 2.24) is 0 Å². The van der Waals surface area contributed by atoms with Crippen LogP contribution in [0.1, 0.15) is 43.0 Å². The number of hydrogen-bond acceptors (Lipinski definition) is 4. The van der Waals surface area contributed by atoms with Crippen LogP contribution in [0.15, 0.2) is 78.9 Å². The predicted octanol–water partition coefficient (Wildman–Crippen LogP) is 5.77. The Labute approximate surface area is 187 Å². The lowest BCUT2D eigenvalue weighted by molar-refractivity contribution is 0.0990. The Bertz CT molecular complexity index is 1200. The van der Waals surface area contributed by atoms with Crippen molar-refractivity contribution in [1.29, 1.82) is 0 Å². The first kappa shape index (κ1) is 21.3. The van der Waals surface area contributed by atoms with Crippen LogP contribution in [0.4, 0.5) is 0 Å². The Morgan fingerprint density at radius 3 is 2.19 bits per heavy atom. The monoisotopic (exact) mass is 424 g/mol. The first-order valence-electron chi connectivity index (χ1n) is 10.4. The second kappa shape index (κ2) is 9.06. The van der Waals surface area contributed by atoms with Crippen molar-refractivity contribution in [3.63, 3.8) is 0 Å². The Kier molecular flexibility index (Phi) is 6.04. The molecule has 0 spiro atoms. The summed E-state index contributed by atoms with van der Waals surface area (Å²) in [5.41, 5.74) is 4.86. The van der Waals surface area contributed by atoms with Gasteiger partial charge >= 0.3 is 0 Å². The van der Waals surface area contributed by atoms with Gasteiger partial charge in [-0.2, -0.15) is 0 Å². The van der Waals surface area contributed by atoms with E-state index < -0.39 is 0 Å². The van der Waals surface area contributed by atoms with Crippen LogP contribution in [-0.4, -0.2) is 18.7 Å². The van der Waals surface area contributed by atoms with Gasteiger partial charge in [0.15, 0.2) is 23.1 Å². The zero-order valence-electron chi connectivity index (χ0n) is 18.2. The van der Waals surface area contributed by atoms with Crippen LogP contribution in [-0.2, 0) is 13.0 Å². The van der Waals surface area contributed by atoms with Crippen molar-refractivity contribution in [2.24, 2.45) is 0 Å². The van der Waals surface area contributed by atoms with E-state index in [1.165, 1.54) is 5.56 Å². The molecule has 0 aromatic heterocycles. The molecule has 0 unspecified atom stereocenters. The molecule has 0 fully saturated rings. The van der Waals surface area contributed by atoms with Crippen LogP contribution in [0, 0.1) is 6.92 Å². The molecule has 3 aromatic rings. The Hall–Kier alpha value is -3.92. The van der Waals surface area contributed by atoms with Gasteiger partial charge in [-0.25, -0.2) is 0 Å². The third kappa shape index (κ3) is 4.12. The lowest BCUT2D eigenvalue weighted by atomic mass is 10.0. The van der Waals surface area contributed by atoms with Crippen LogP contribution in [0.3, 0.4) is 0 Å². The Balaban J connectivity index is 1.69. The highest BCUT2D eigenvalue weighted by Crippen LogP contribution is 2.36. The predicted molar refractivity (Wildman–Crippen MR) is 125 cm³/mol. The summed E-state index contributed by atoms with van der Waals surface area (Å²) in [6, 6.07) is 18.7. The number of rotatable bonds is 7. The minimum absolute atomic E-state index is 0.158. The molecule has 0 heterocycles. The number of aryl methyl sites for hydroxylation is 1. The standard InChI is InChI=1S/C28H24O4/c1-4-7-21-14-20(15-24-26(29)22-8-5-6-9-23(22)27(24)30)16-25(31-3)28(21)32-17-19-12-10-18(2)11-13-19/h4-6,8-16H,1,7,17H2,2-3H3. The van der Waals surface area contributed by atoms with E-state index >= 15 is 0 Å². The zero-order chi connectivity index (χ0) is 22.7. The fourth-order valence-electron chi connectivity index (χ4n) is 3.80. The van der Waals surface area contributed by atoms with Gasteiger partial charge in [-0.1, -0.05) is 60.2 Å². The molecule has 1 aliphatic carbocycles. The molecule has 0 aliphatic heterocycles. The number of carbonyl (C=O) groups is 2. The number of benzene rings is 3. The summed E-state index contributed by atoms with van der Waals surface area (Å²) >= 11 is 0. The molecule has 160 valence electrons. The number of allylic oxidation sites excluding steroid dienone is 2. The number of methoxy groups -OCH3 is 1. The van der Waals surface area contributed by atoms with Crippen molar-refractivity contribution in [3.05, 3.63) is 112 Å². The second-order valence-electron chi connectivity index (χ2n) is 7.74. The van der Waals surface area contributed by atoms with Crippen LogP contribution < -0.4 is 9.47 Å². The van der Waals surface area contributed by atoms with E-state index in [1.54, 1.807) is 49.6 Å². The smallest absolute Gasteiger partial charge is 0.197 e. The van der Waals surface area contributed by atoms with Crippen molar-refractivity contribution in [3.8, 4) is 11.5 Å². The van der Waals surface area contributed by atoms with Crippen molar-refractivity contribution in [2.75, 3.05) is 7.11 Å². The molecule has 3 aromatic carbocycles. The highest BCUT2D eigenvalue weighted by molar-refractivity contribution is 6.41. The normalized spacial score (nSPS) is 12.5. The third-order valence-corrected chi connectivity index (χ3v) is 5.46. The van der Waals surface area contributed by atoms with Gasteiger partial charge in [-0.3, -0.25) is 9.59 Å². The maximum atomic E-state index is 12.8. The average molecular weight is 424 g/mol. The summed E-state index contributed by atoms with van der Waals surface area (Å²) in [6.45, 7) is 6.28. The number of fused-ring (bicyclic) bond motifs is 1. The molecule has 0 saturated heterocycles. The summed E-state index contributed by atoms with van der Waals surface area (Å²) in [5, 5.41) is 0. The number of ketones is 2. The van der Waals surface area contributed by atoms with Gasteiger partial charge in [0.1, 0.15) is 6.61 Å². The van der Waals surface area contributed by atoms with Gasteiger partial charge in [-0.05, 0) is 42.7 Å². The molecule has 0 atom stereocenters. The number of ether oxygens (including phenoxy) is 2. The molecule has 1 aliphatic rings. The molecular formula is C28H24O4. The highest BCUT2D eigenvalue weighted by atomic mass is 16.5. The number of Topliss-reactive ketones (excluding diaryl/α,β-unsaturated/α-hetero) is 2. The lowest BCUT2D eigenvalue weighted by Crippen LogP contribution is -2.03. The molecule has 0 saturated carbocycles. The SMILES string of the molecule is C=CCc1cc(C=C2C(=O)c3ccccc3C2=O)cc(OC)c1OCc1ccc(C)cc1. The van der Waals surface area contributed by atoms with E-state index in [0.29, 0.717) is 41.2 Å². The van der Waals surface area contributed by atoms with Gasteiger partial charge in [-0.15, -0.1) is 6.58 Å². The van der Waals surface area contributed by atoms with E-state index in [-0.39, 0.29) is 17.1 Å². The van der Waals surface area contributed by atoms with Crippen LogP contribution in [0.25, 0.3) is 6.08 Å². The summed E-state index contributed by atoms with van der Waals surface area (Å²) < 4.78 is 11.7. The zero-order valence-corrected chi connectivity index (χ0v) is 18.2. The minimum Gasteiger partial charge on any atom is -0.493 e. The summed E-state index contributed by atoms with van der Waals surface area (Å²) in [7, 11) is 1.57. The van der Waals surface area contributed by atoms with Gasteiger partial charge in [0.05, 0.1) is 12.7 Å². The molecule has 0 radical (unpaired) electrons. The van der Waals surface area contributed by atoms with Crippen molar-refractivity contribution < 1.29 is 19.1 Å². The van der Waals surface area contributed by atoms with Gasteiger partial charge in [0, 0.05) is 16.7 Å². The van der Waals surface area contributed by atoms with E-state index in [9.17, 15) is 9.59 Å². The van der Waals surface area contributed by atoms with Gasteiger partial charge < -0.3 is 9.47 Å². The molecule has 4 rings (SSSR count). The lowest BCUT2D eigenvalue weighted by Gasteiger charge is -2.16. The quantitative estimate of drug-likeness (QED) is 0.274. The molecular weight excluding hydrogens is 400 g/mol. The van der Waals surface area contributed by atoms with Crippen LogP contribution in [0.5, 0.6) is 11.5 Å². The molecule has 0 amide bonds. The van der Waals surface area contributed by atoms with Gasteiger partial charge in [0.2, 0.25) is 0 Å². The number of carbonyl (C=O) groups excluding carboxylic acids is 2. The number of hydrogen-bond donors (Lipinski definition) is 0. The Morgan fingerprint density at radius 1 is 0.938 bits per heavy atom. The average Bonchev–Trinajstić information content (AvgIpc) is 3.04.